The first-order valence-electron chi connectivity index (χ1n) is 7.50. The maximum absolute atomic E-state index is 12.4. The summed E-state index contributed by atoms with van der Waals surface area (Å²) < 4.78 is 11.4. The zero-order chi connectivity index (χ0) is 17.7. The molecule has 2 aromatic carbocycles. The molecule has 0 saturated heterocycles. The van der Waals surface area contributed by atoms with Gasteiger partial charge >= 0.3 is 0 Å². The molecule has 1 atom stereocenters. The van der Waals surface area contributed by atoms with Gasteiger partial charge in [-0.15, -0.1) is 0 Å². The van der Waals surface area contributed by atoms with Crippen LogP contribution in [0.4, 0.5) is 11.4 Å². The topological polar surface area (TPSA) is 59.6 Å². The van der Waals surface area contributed by atoms with Crippen LogP contribution in [0.15, 0.2) is 40.9 Å². The third-order valence-corrected chi connectivity index (χ3v) is 4.21. The lowest BCUT2D eigenvalue weighted by Crippen LogP contribution is -2.32. The molecule has 2 rings (SSSR count). The molecule has 0 heterocycles. The van der Waals surface area contributed by atoms with Crippen molar-refractivity contribution in [3.63, 3.8) is 0 Å². The Labute approximate surface area is 150 Å². The normalized spacial score (nSPS) is 11.5. The second-order valence-electron chi connectivity index (χ2n) is 5.40. The summed E-state index contributed by atoms with van der Waals surface area (Å²) in [5.41, 5.74) is 2.58. The lowest BCUT2D eigenvalue weighted by Gasteiger charge is -2.18. The summed E-state index contributed by atoms with van der Waals surface area (Å²) in [4.78, 5) is 12.4. The standard InChI is InChI=1S/C18H21BrN2O3/c1-11-5-7-15(14(19)9-11)21-18(22)12(2)20-16-8-6-13(23-3)10-17(16)24-4/h5-10,12,20H,1-4H3,(H,21,22)/t12-/m0/s1. The monoisotopic (exact) mass is 392 g/mol. The van der Waals surface area contributed by atoms with E-state index in [0.717, 1.165) is 21.4 Å². The molecule has 0 saturated carbocycles. The van der Waals surface area contributed by atoms with Gasteiger partial charge in [0.05, 0.1) is 25.6 Å². The number of carbonyl (C=O) groups is 1. The molecule has 0 unspecified atom stereocenters. The van der Waals surface area contributed by atoms with E-state index in [4.69, 9.17) is 9.47 Å². The van der Waals surface area contributed by atoms with Crippen LogP contribution in [-0.2, 0) is 4.79 Å². The Kier molecular flexibility index (Phi) is 6.09. The van der Waals surface area contributed by atoms with E-state index in [1.807, 2.05) is 37.3 Å². The van der Waals surface area contributed by atoms with Crippen molar-refractivity contribution in [1.82, 2.24) is 0 Å². The van der Waals surface area contributed by atoms with E-state index in [1.165, 1.54) is 0 Å². The third-order valence-electron chi connectivity index (χ3n) is 3.56. The summed E-state index contributed by atoms with van der Waals surface area (Å²) in [6, 6.07) is 10.7. The first-order chi connectivity index (χ1) is 11.4. The zero-order valence-electron chi connectivity index (χ0n) is 14.1. The highest BCUT2D eigenvalue weighted by atomic mass is 79.9. The van der Waals surface area contributed by atoms with Gasteiger partial charge in [-0.05, 0) is 59.6 Å². The molecule has 128 valence electrons. The van der Waals surface area contributed by atoms with E-state index < -0.39 is 6.04 Å². The highest BCUT2D eigenvalue weighted by molar-refractivity contribution is 9.10. The van der Waals surface area contributed by atoms with Crippen molar-refractivity contribution in [2.24, 2.45) is 0 Å². The number of aryl methyl sites for hydroxylation is 1. The van der Waals surface area contributed by atoms with Crippen LogP contribution in [0, 0.1) is 6.92 Å². The van der Waals surface area contributed by atoms with Crippen LogP contribution in [0.5, 0.6) is 11.5 Å². The molecule has 5 nitrogen and oxygen atoms in total. The SMILES string of the molecule is COc1ccc(N[C@@H](C)C(=O)Nc2ccc(C)cc2Br)c(OC)c1. The lowest BCUT2D eigenvalue weighted by atomic mass is 10.2. The van der Waals surface area contributed by atoms with Gasteiger partial charge in [0.15, 0.2) is 0 Å². The quantitative estimate of drug-likeness (QED) is 0.772. The fraction of sp³-hybridized carbons (Fsp3) is 0.278. The molecule has 6 heteroatoms. The molecular formula is C18H21BrN2O3. The Hall–Kier alpha value is -2.21. The van der Waals surface area contributed by atoms with Crippen LogP contribution in [-0.4, -0.2) is 26.2 Å². The van der Waals surface area contributed by atoms with Crippen molar-refractivity contribution >= 4 is 33.2 Å². The van der Waals surface area contributed by atoms with Crippen molar-refractivity contribution in [2.45, 2.75) is 19.9 Å². The van der Waals surface area contributed by atoms with Crippen LogP contribution >= 0.6 is 15.9 Å². The van der Waals surface area contributed by atoms with Crippen LogP contribution in [0.1, 0.15) is 12.5 Å². The Morgan fingerprint density at radius 1 is 1.08 bits per heavy atom. The van der Waals surface area contributed by atoms with E-state index >= 15 is 0 Å². The van der Waals surface area contributed by atoms with E-state index in [-0.39, 0.29) is 5.91 Å². The fourth-order valence-corrected chi connectivity index (χ4v) is 2.77. The van der Waals surface area contributed by atoms with E-state index in [9.17, 15) is 4.79 Å². The molecule has 0 aromatic heterocycles. The molecule has 0 bridgehead atoms. The van der Waals surface area contributed by atoms with Gasteiger partial charge in [-0.3, -0.25) is 4.79 Å². The summed E-state index contributed by atoms with van der Waals surface area (Å²) >= 11 is 3.46. The zero-order valence-corrected chi connectivity index (χ0v) is 15.7. The minimum absolute atomic E-state index is 0.141. The first kappa shape index (κ1) is 18.1. The maximum Gasteiger partial charge on any atom is 0.246 e. The Morgan fingerprint density at radius 3 is 2.42 bits per heavy atom. The van der Waals surface area contributed by atoms with Crippen LogP contribution < -0.4 is 20.1 Å². The molecule has 0 radical (unpaired) electrons. The van der Waals surface area contributed by atoms with Crippen molar-refractivity contribution in [1.29, 1.82) is 0 Å². The minimum atomic E-state index is -0.444. The average Bonchev–Trinajstić information content (AvgIpc) is 2.57. The number of ether oxygens (including phenoxy) is 2. The Bertz CT molecular complexity index is 734. The molecule has 24 heavy (non-hydrogen) atoms. The van der Waals surface area contributed by atoms with Gasteiger partial charge in [0.1, 0.15) is 17.5 Å². The van der Waals surface area contributed by atoms with Gasteiger partial charge in [-0.1, -0.05) is 6.07 Å². The average molecular weight is 393 g/mol. The second-order valence-corrected chi connectivity index (χ2v) is 6.26. The number of methoxy groups -OCH3 is 2. The largest absolute Gasteiger partial charge is 0.497 e. The number of anilines is 2. The lowest BCUT2D eigenvalue weighted by molar-refractivity contribution is -0.116. The molecule has 1 amide bonds. The summed E-state index contributed by atoms with van der Waals surface area (Å²) in [5.74, 6) is 1.17. The van der Waals surface area contributed by atoms with E-state index in [1.54, 1.807) is 27.2 Å². The van der Waals surface area contributed by atoms with Gasteiger partial charge in [0.2, 0.25) is 5.91 Å². The second kappa shape index (κ2) is 8.06. The van der Waals surface area contributed by atoms with Crippen molar-refractivity contribution in [2.75, 3.05) is 24.9 Å². The molecule has 0 aliphatic rings. The number of hydrogen-bond donors (Lipinski definition) is 2. The number of amides is 1. The van der Waals surface area contributed by atoms with Crippen molar-refractivity contribution < 1.29 is 14.3 Å². The van der Waals surface area contributed by atoms with E-state index in [0.29, 0.717) is 11.5 Å². The van der Waals surface area contributed by atoms with Gasteiger partial charge < -0.3 is 20.1 Å². The third kappa shape index (κ3) is 4.41. The molecule has 0 spiro atoms. The van der Waals surface area contributed by atoms with Gasteiger partial charge in [0.25, 0.3) is 0 Å². The molecule has 2 aromatic rings. The van der Waals surface area contributed by atoms with Gasteiger partial charge in [-0.2, -0.15) is 0 Å². The molecular weight excluding hydrogens is 372 g/mol. The molecule has 0 aliphatic heterocycles. The number of benzene rings is 2. The van der Waals surface area contributed by atoms with E-state index in [2.05, 4.69) is 26.6 Å². The maximum atomic E-state index is 12.4. The summed E-state index contributed by atoms with van der Waals surface area (Å²) in [5, 5.41) is 6.06. The Balaban J connectivity index is 2.08. The van der Waals surface area contributed by atoms with Crippen LogP contribution in [0.2, 0.25) is 0 Å². The number of halogens is 1. The number of hydrogen-bond acceptors (Lipinski definition) is 4. The van der Waals surface area contributed by atoms with Crippen molar-refractivity contribution in [3.8, 4) is 11.5 Å². The number of carbonyl (C=O) groups excluding carboxylic acids is 1. The minimum Gasteiger partial charge on any atom is -0.497 e. The van der Waals surface area contributed by atoms with Crippen LogP contribution in [0.3, 0.4) is 0 Å². The predicted octanol–water partition coefficient (Wildman–Crippen LogP) is 4.21. The fourth-order valence-electron chi connectivity index (χ4n) is 2.18. The Morgan fingerprint density at radius 2 is 1.79 bits per heavy atom. The van der Waals surface area contributed by atoms with Gasteiger partial charge in [-0.25, -0.2) is 0 Å². The molecule has 2 N–H and O–H groups in total. The highest BCUT2D eigenvalue weighted by Crippen LogP contribution is 2.30. The highest BCUT2D eigenvalue weighted by Gasteiger charge is 2.16. The number of rotatable bonds is 6. The van der Waals surface area contributed by atoms with Crippen LogP contribution in [0.25, 0.3) is 0 Å². The summed E-state index contributed by atoms with van der Waals surface area (Å²) in [7, 11) is 3.17. The first-order valence-corrected chi connectivity index (χ1v) is 8.29. The summed E-state index contributed by atoms with van der Waals surface area (Å²) in [6.45, 7) is 3.79. The van der Waals surface area contributed by atoms with Crippen molar-refractivity contribution in [3.05, 3.63) is 46.4 Å². The summed E-state index contributed by atoms with van der Waals surface area (Å²) in [6.07, 6.45) is 0. The smallest absolute Gasteiger partial charge is 0.246 e. The van der Waals surface area contributed by atoms with Gasteiger partial charge in [0, 0.05) is 10.5 Å². The molecule has 0 aliphatic carbocycles. The number of nitrogens with one attached hydrogen (secondary N) is 2. The predicted molar refractivity (Wildman–Crippen MR) is 100 cm³/mol. The molecule has 0 fully saturated rings.